The third-order valence-corrected chi connectivity index (χ3v) is 3.45. The van der Waals surface area contributed by atoms with Crippen LogP contribution in [0.15, 0.2) is 30.3 Å². The summed E-state index contributed by atoms with van der Waals surface area (Å²) in [5.74, 6) is 0.827. The maximum absolute atomic E-state index is 6.23. The highest BCUT2D eigenvalue weighted by Gasteiger charge is 2.17. The van der Waals surface area contributed by atoms with E-state index in [1.54, 1.807) is 0 Å². The van der Waals surface area contributed by atoms with Crippen molar-refractivity contribution in [3.8, 4) is 5.69 Å². The maximum atomic E-state index is 6.23. The molecule has 3 rings (SSSR count). The van der Waals surface area contributed by atoms with Crippen LogP contribution >= 0.6 is 0 Å². The molecule has 88 valence electrons. The summed E-state index contributed by atoms with van der Waals surface area (Å²) in [6, 6.07) is 10.1. The van der Waals surface area contributed by atoms with Crippen LogP contribution in [0.1, 0.15) is 30.5 Å². The number of nitrogen functional groups attached to an aromatic ring is 1. The molecule has 0 aliphatic heterocycles. The topological polar surface area (TPSA) is 43.8 Å². The third-order valence-electron chi connectivity index (χ3n) is 3.45. The summed E-state index contributed by atoms with van der Waals surface area (Å²) in [5.41, 5.74) is 9.75. The van der Waals surface area contributed by atoms with Crippen LogP contribution in [0.2, 0.25) is 0 Å². The van der Waals surface area contributed by atoms with Crippen LogP contribution in [0.25, 0.3) is 5.69 Å². The standard InChI is InChI=1S/C14H17N3/c15-14-12-9-5-2-6-10-13(12)16-17(14)11-7-3-1-4-8-11/h1,3-4,7-8H,2,5-6,9-10,15H2. The number of para-hydroxylation sites is 1. The Morgan fingerprint density at radius 1 is 1.00 bits per heavy atom. The van der Waals surface area contributed by atoms with Crippen LogP contribution in [0.4, 0.5) is 5.82 Å². The van der Waals surface area contributed by atoms with E-state index in [-0.39, 0.29) is 0 Å². The average molecular weight is 227 g/mol. The number of anilines is 1. The lowest BCUT2D eigenvalue weighted by Crippen LogP contribution is -2.03. The van der Waals surface area contributed by atoms with Gasteiger partial charge in [0.1, 0.15) is 5.82 Å². The van der Waals surface area contributed by atoms with Crippen LogP contribution in [0, 0.1) is 0 Å². The Balaban J connectivity index is 2.08. The highest BCUT2D eigenvalue weighted by atomic mass is 15.3. The molecular formula is C14H17N3. The van der Waals surface area contributed by atoms with Gasteiger partial charge in [-0.15, -0.1) is 0 Å². The Morgan fingerprint density at radius 3 is 2.59 bits per heavy atom. The minimum Gasteiger partial charge on any atom is -0.383 e. The lowest BCUT2D eigenvalue weighted by atomic mass is 10.1. The fourth-order valence-corrected chi connectivity index (χ4v) is 2.52. The largest absolute Gasteiger partial charge is 0.383 e. The first-order valence-corrected chi connectivity index (χ1v) is 6.28. The number of nitrogens with two attached hydrogens (primary N) is 1. The Kier molecular flexibility index (Phi) is 2.59. The van der Waals surface area contributed by atoms with Gasteiger partial charge in [-0.3, -0.25) is 0 Å². The predicted molar refractivity (Wildman–Crippen MR) is 69.2 cm³/mol. The number of nitrogens with zero attached hydrogens (tertiary/aromatic N) is 2. The van der Waals surface area contributed by atoms with Gasteiger partial charge < -0.3 is 5.73 Å². The monoisotopic (exact) mass is 227 g/mol. The minimum atomic E-state index is 0.827. The summed E-state index contributed by atoms with van der Waals surface area (Å²) >= 11 is 0. The Bertz CT molecular complexity index is 514. The van der Waals surface area contributed by atoms with E-state index in [0.29, 0.717) is 0 Å². The zero-order chi connectivity index (χ0) is 11.7. The fraction of sp³-hybridized carbons (Fsp3) is 0.357. The van der Waals surface area contributed by atoms with Gasteiger partial charge in [0.2, 0.25) is 0 Å². The van der Waals surface area contributed by atoms with Crippen molar-refractivity contribution in [3.63, 3.8) is 0 Å². The minimum absolute atomic E-state index is 0.827. The van der Waals surface area contributed by atoms with E-state index in [1.807, 2.05) is 35.0 Å². The second-order valence-electron chi connectivity index (χ2n) is 4.62. The molecule has 3 heteroatoms. The van der Waals surface area contributed by atoms with Crippen LogP contribution in [0.3, 0.4) is 0 Å². The smallest absolute Gasteiger partial charge is 0.130 e. The molecule has 0 unspecified atom stereocenters. The lowest BCUT2D eigenvalue weighted by molar-refractivity contribution is 0.696. The summed E-state index contributed by atoms with van der Waals surface area (Å²) in [6.07, 6.45) is 5.91. The van der Waals surface area contributed by atoms with Crippen molar-refractivity contribution in [2.24, 2.45) is 0 Å². The van der Waals surface area contributed by atoms with Gasteiger partial charge >= 0.3 is 0 Å². The molecule has 2 N–H and O–H groups in total. The van der Waals surface area contributed by atoms with E-state index in [2.05, 4.69) is 5.10 Å². The van der Waals surface area contributed by atoms with E-state index >= 15 is 0 Å². The molecule has 0 bridgehead atoms. The molecule has 1 aromatic carbocycles. The number of hydrogen-bond acceptors (Lipinski definition) is 2. The van der Waals surface area contributed by atoms with Crippen LogP contribution in [-0.2, 0) is 12.8 Å². The first kappa shape index (κ1) is 10.4. The average Bonchev–Trinajstić information content (AvgIpc) is 2.56. The summed E-state index contributed by atoms with van der Waals surface area (Å²) < 4.78 is 1.88. The van der Waals surface area contributed by atoms with E-state index in [4.69, 9.17) is 5.73 Å². The molecule has 1 aliphatic rings. The van der Waals surface area contributed by atoms with Gasteiger partial charge in [0.05, 0.1) is 11.4 Å². The van der Waals surface area contributed by atoms with E-state index < -0.39 is 0 Å². The number of hydrogen-bond donors (Lipinski definition) is 1. The van der Waals surface area contributed by atoms with Gasteiger partial charge in [-0.05, 0) is 37.8 Å². The van der Waals surface area contributed by atoms with E-state index in [1.165, 1.54) is 30.5 Å². The zero-order valence-electron chi connectivity index (χ0n) is 9.89. The van der Waals surface area contributed by atoms with Crippen molar-refractivity contribution in [3.05, 3.63) is 41.6 Å². The summed E-state index contributed by atoms with van der Waals surface area (Å²) in [7, 11) is 0. The van der Waals surface area contributed by atoms with Crippen LogP contribution in [0.5, 0.6) is 0 Å². The number of aromatic nitrogens is 2. The quantitative estimate of drug-likeness (QED) is 0.761. The fourth-order valence-electron chi connectivity index (χ4n) is 2.52. The van der Waals surface area contributed by atoms with Gasteiger partial charge in [-0.2, -0.15) is 5.10 Å². The van der Waals surface area contributed by atoms with Gasteiger partial charge in [0.25, 0.3) is 0 Å². The highest BCUT2D eigenvalue weighted by molar-refractivity contribution is 5.50. The number of benzene rings is 1. The molecule has 1 aromatic heterocycles. The molecule has 1 aliphatic carbocycles. The molecule has 0 fully saturated rings. The molecule has 0 saturated heterocycles. The Hall–Kier alpha value is -1.77. The van der Waals surface area contributed by atoms with Crippen LogP contribution in [-0.4, -0.2) is 9.78 Å². The van der Waals surface area contributed by atoms with Crippen LogP contribution < -0.4 is 5.73 Å². The number of aryl methyl sites for hydroxylation is 1. The number of fused-ring (bicyclic) bond motifs is 1. The molecule has 0 atom stereocenters. The molecule has 0 radical (unpaired) electrons. The normalized spacial score (nSPS) is 15.3. The van der Waals surface area contributed by atoms with Crippen molar-refractivity contribution < 1.29 is 0 Å². The van der Waals surface area contributed by atoms with Crippen molar-refractivity contribution in [1.82, 2.24) is 9.78 Å². The van der Waals surface area contributed by atoms with Crippen molar-refractivity contribution in [2.45, 2.75) is 32.1 Å². The first-order chi connectivity index (χ1) is 8.36. The summed E-state index contributed by atoms with van der Waals surface area (Å²) in [5, 5.41) is 4.67. The second kappa shape index (κ2) is 4.24. The Labute approximate surface area is 101 Å². The molecule has 2 aromatic rings. The predicted octanol–water partition coefficient (Wildman–Crippen LogP) is 2.72. The zero-order valence-corrected chi connectivity index (χ0v) is 9.89. The third kappa shape index (κ3) is 1.82. The molecular weight excluding hydrogens is 210 g/mol. The Morgan fingerprint density at radius 2 is 1.76 bits per heavy atom. The van der Waals surface area contributed by atoms with Gasteiger partial charge in [0.15, 0.2) is 0 Å². The summed E-state index contributed by atoms with van der Waals surface area (Å²) in [6.45, 7) is 0. The molecule has 0 saturated carbocycles. The van der Waals surface area contributed by atoms with Crippen molar-refractivity contribution in [2.75, 3.05) is 5.73 Å². The SMILES string of the molecule is Nc1c2c(nn1-c1ccccc1)CCCCC2. The van der Waals surface area contributed by atoms with Gasteiger partial charge in [0, 0.05) is 5.56 Å². The molecule has 0 spiro atoms. The molecule has 17 heavy (non-hydrogen) atoms. The van der Waals surface area contributed by atoms with Crippen molar-refractivity contribution in [1.29, 1.82) is 0 Å². The summed E-state index contributed by atoms with van der Waals surface area (Å²) in [4.78, 5) is 0. The maximum Gasteiger partial charge on any atom is 0.130 e. The number of rotatable bonds is 1. The molecule has 0 amide bonds. The second-order valence-corrected chi connectivity index (χ2v) is 4.62. The highest BCUT2D eigenvalue weighted by Crippen LogP contribution is 2.26. The lowest BCUT2D eigenvalue weighted by Gasteiger charge is -2.04. The van der Waals surface area contributed by atoms with Gasteiger partial charge in [-0.25, -0.2) is 4.68 Å². The van der Waals surface area contributed by atoms with E-state index in [0.717, 1.165) is 24.3 Å². The van der Waals surface area contributed by atoms with Gasteiger partial charge in [-0.1, -0.05) is 24.6 Å². The van der Waals surface area contributed by atoms with E-state index in [9.17, 15) is 0 Å². The first-order valence-electron chi connectivity index (χ1n) is 6.28. The van der Waals surface area contributed by atoms with Crippen molar-refractivity contribution >= 4 is 5.82 Å². The molecule has 3 nitrogen and oxygen atoms in total. The molecule has 1 heterocycles.